The smallest absolute Gasteiger partial charge is 0.255 e. The maximum atomic E-state index is 12.7. The van der Waals surface area contributed by atoms with Crippen LogP contribution in [0.15, 0.2) is 48.5 Å². The fourth-order valence-corrected chi connectivity index (χ4v) is 3.34. The number of nitrogens with one attached hydrogen (secondary N) is 1. The van der Waals surface area contributed by atoms with Gasteiger partial charge in [-0.05, 0) is 56.1 Å². The van der Waals surface area contributed by atoms with Crippen molar-refractivity contribution in [2.75, 3.05) is 26.7 Å². The van der Waals surface area contributed by atoms with E-state index in [0.29, 0.717) is 23.9 Å². The highest BCUT2D eigenvalue weighted by Gasteiger charge is 2.20. The summed E-state index contributed by atoms with van der Waals surface area (Å²) in [7, 11) is 1.60. The van der Waals surface area contributed by atoms with Crippen LogP contribution in [0.5, 0.6) is 5.75 Å². The van der Waals surface area contributed by atoms with Crippen molar-refractivity contribution in [3.8, 4) is 16.9 Å². The molecule has 4 heteroatoms. The van der Waals surface area contributed by atoms with Crippen molar-refractivity contribution in [3.63, 3.8) is 0 Å². The van der Waals surface area contributed by atoms with Gasteiger partial charge in [0.05, 0.1) is 12.7 Å². The fourth-order valence-electron chi connectivity index (χ4n) is 3.34. The Bertz CT molecular complexity index is 709. The molecule has 2 aromatic rings. The first-order valence-electron chi connectivity index (χ1n) is 8.95. The molecule has 1 saturated heterocycles. The Kier molecular flexibility index (Phi) is 5.71. The summed E-state index contributed by atoms with van der Waals surface area (Å²) in [5, 5.41) is 3.07. The average Bonchev–Trinajstić information content (AvgIpc) is 3.21. The van der Waals surface area contributed by atoms with Gasteiger partial charge in [0.2, 0.25) is 0 Å². The van der Waals surface area contributed by atoms with Gasteiger partial charge in [-0.15, -0.1) is 0 Å². The van der Waals surface area contributed by atoms with Crippen LogP contribution in [0.25, 0.3) is 11.1 Å². The minimum absolute atomic E-state index is 0.0827. The molecule has 4 nitrogen and oxygen atoms in total. The normalized spacial score (nSPS) is 15.8. The summed E-state index contributed by atoms with van der Waals surface area (Å²) in [5.74, 6) is 0.520. The Labute approximate surface area is 149 Å². The lowest BCUT2D eigenvalue weighted by atomic mass is 10.0. The molecular formula is C21H26N2O2. The minimum atomic E-state index is -0.0827. The van der Waals surface area contributed by atoms with Crippen LogP contribution in [0.2, 0.25) is 0 Å². The number of hydrogen-bond acceptors (Lipinski definition) is 3. The maximum absolute atomic E-state index is 12.7. The Hall–Kier alpha value is -2.33. The number of carbonyl (C=O) groups is 1. The topological polar surface area (TPSA) is 41.6 Å². The number of hydrogen-bond donors (Lipinski definition) is 1. The Morgan fingerprint density at radius 2 is 1.84 bits per heavy atom. The molecule has 0 saturated carbocycles. The van der Waals surface area contributed by atoms with E-state index in [1.807, 2.05) is 48.5 Å². The molecule has 0 aromatic heterocycles. The summed E-state index contributed by atoms with van der Waals surface area (Å²) in [5.41, 5.74) is 2.68. The highest BCUT2D eigenvalue weighted by Crippen LogP contribution is 2.26. The van der Waals surface area contributed by atoms with Crippen molar-refractivity contribution >= 4 is 5.91 Å². The number of likely N-dealkylation sites (tertiary alicyclic amines) is 1. The summed E-state index contributed by atoms with van der Waals surface area (Å²) in [6, 6.07) is 16.2. The van der Waals surface area contributed by atoms with Gasteiger partial charge in [-0.1, -0.05) is 36.4 Å². The standard InChI is InChI=1S/C21H26N2O2/c1-16(23-12-6-7-13-23)15-22-21(24)19-14-18(10-11-20(19)25-2)17-8-4-3-5-9-17/h3-5,8-11,14,16H,6-7,12-13,15H2,1-2H3,(H,22,24). The van der Waals surface area contributed by atoms with Crippen molar-refractivity contribution in [2.45, 2.75) is 25.8 Å². The van der Waals surface area contributed by atoms with E-state index in [4.69, 9.17) is 4.74 Å². The van der Waals surface area contributed by atoms with Crippen LogP contribution in [0.3, 0.4) is 0 Å². The number of amides is 1. The van der Waals surface area contributed by atoms with Crippen LogP contribution < -0.4 is 10.1 Å². The molecule has 1 unspecified atom stereocenters. The van der Waals surface area contributed by atoms with Gasteiger partial charge in [0.25, 0.3) is 5.91 Å². The van der Waals surface area contributed by atoms with Crippen molar-refractivity contribution in [3.05, 3.63) is 54.1 Å². The van der Waals surface area contributed by atoms with Crippen molar-refractivity contribution in [1.82, 2.24) is 10.2 Å². The molecule has 25 heavy (non-hydrogen) atoms. The molecular weight excluding hydrogens is 312 g/mol. The summed E-state index contributed by atoms with van der Waals surface area (Å²) in [4.78, 5) is 15.1. The van der Waals surface area contributed by atoms with Crippen LogP contribution in [0.1, 0.15) is 30.1 Å². The molecule has 1 aliphatic rings. The Balaban J connectivity index is 1.74. The van der Waals surface area contributed by atoms with Crippen molar-refractivity contribution < 1.29 is 9.53 Å². The summed E-state index contributed by atoms with van der Waals surface area (Å²) >= 11 is 0. The number of nitrogens with zero attached hydrogens (tertiary/aromatic N) is 1. The van der Waals surface area contributed by atoms with E-state index in [1.54, 1.807) is 7.11 Å². The van der Waals surface area contributed by atoms with Gasteiger partial charge >= 0.3 is 0 Å². The predicted molar refractivity (Wildman–Crippen MR) is 101 cm³/mol. The second-order valence-electron chi connectivity index (χ2n) is 6.58. The molecule has 0 aliphatic carbocycles. The third-order valence-corrected chi connectivity index (χ3v) is 4.87. The summed E-state index contributed by atoms with van der Waals surface area (Å²) in [6.45, 7) is 5.08. The molecule has 0 radical (unpaired) electrons. The first-order valence-corrected chi connectivity index (χ1v) is 8.95. The van der Waals surface area contributed by atoms with Gasteiger partial charge in [0.15, 0.2) is 0 Å². The number of carbonyl (C=O) groups excluding carboxylic acids is 1. The summed E-state index contributed by atoms with van der Waals surface area (Å²) in [6.07, 6.45) is 2.51. The molecule has 1 atom stereocenters. The van der Waals surface area contributed by atoms with E-state index in [-0.39, 0.29) is 5.91 Å². The van der Waals surface area contributed by atoms with Crippen LogP contribution in [0, 0.1) is 0 Å². The van der Waals surface area contributed by atoms with Gasteiger partial charge in [0.1, 0.15) is 5.75 Å². The van der Waals surface area contributed by atoms with Gasteiger partial charge in [-0.3, -0.25) is 9.69 Å². The third-order valence-electron chi connectivity index (χ3n) is 4.87. The monoisotopic (exact) mass is 338 g/mol. The highest BCUT2D eigenvalue weighted by molar-refractivity contribution is 5.98. The lowest BCUT2D eigenvalue weighted by molar-refractivity contribution is 0.0937. The molecule has 1 amide bonds. The third kappa shape index (κ3) is 4.20. The highest BCUT2D eigenvalue weighted by atomic mass is 16.5. The first-order chi connectivity index (χ1) is 12.2. The van der Waals surface area contributed by atoms with Gasteiger partial charge in [-0.2, -0.15) is 0 Å². The zero-order valence-corrected chi connectivity index (χ0v) is 15.0. The lowest BCUT2D eigenvalue weighted by Gasteiger charge is -2.24. The lowest BCUT2D eigenvalue weighted by Crippen LogP contribution is -2.40. The second-order valence-corrected chi connectivity index (χ2v) is 6.58. The Morgan fingerprint density at radius 3 is 2.52 bits per heavy atom. The molecule has 1 heterocycles. The average molecular weight is 338 g/mol. The van der Waals surface area contributed by atoms with Gasteiger partial charge in [-0.25, -0.2) is 0 Å². The summed E-state index contributed by atoms with van der Waals surface area (Å²) < 4.78 is 5.39. The zero-order valence-electron chi connectivity index (χ0n) is 15.0. The van der Waals surface area contributed by atoms with E-state index in [0.717, 1.165) is 24.2 Å². The maximum Gasteiger partial charge on any atom is 0.255 e. The molecule has 0 spiro atoms. The van der Waals surface area contributed by atoms with Gasteiger partial charge < -0.3 is 10.1 Å². The predicted octanol–water partition coefficient (Wildman–Crippen LogP) is 3.58. The van der Waals surface area contributed by atoms with Crippen LogP contribution >= 0.6 is 0 Å². The van der Waals surface area contributed by atoms with E-state index >= 15 is 0 Å². The van der Waals surface area contributed by atoms with Crippen molar-refractivity contribution in [1.29, 1.82) is 0 Å². The molecule has 1 fully saturated rings. The van der Waals surface area contributed by atoms with E-state index in [1.165, 1.54) is 12.8 Å². The van der Waals surface area contributed by atoms with Crippen LogP contribution in [-0.2, 0) is 0 Å². The molecule has 3 rings (SSSR count). The van der Waals surface area contributed by atoms with Crippen LogP contribution in [0.4, 0.5) is 0 Å². The number of benzene rings is 2. The quantitative estimate of drug-likeness (QED) is 0.875. The molecule has 2 aromatic carbocycles. The molecule has 0 bridgehead atoms. The fraction of sp³-hybridized carbons (Fsp3) is 0.381. The molecule has 1 aliphatic heterocycles. The largest absolute Gasteiger partial charge is 0.496 e. The number of ether oxygens (including phenoxy) is 1. The molecule has 132 valence electrons. The first kappa shape index (κ1) is 17.5. The zero-order chi connectivity index (χ0) is 17.6. The second kappa shape index (κ2) is 8.17. The van der Waals surface area contributed by atoms with E-state index in [2.05, 4.69) is 17.1 Å². The van der Waals surface area contributed by atoms with Crippen LogP contribution in [-0.4, -0.2) is 43.6 Å². The minimum Gasteiger partial charge on any atom is -0.496 e. The van der Waals surface area contributed by atoms with Gasteiger partial charge in [0, 0.05) is 12.6 Å². The van der Waals surface area contributed by atoms with E-state index in [9.17, 15) is 4.79 Å². The van der Waals surface area contributed by atoms with E-state index < -0.39 is 0 Å². The SMILES string of the molecule is COc1ccc(-c2ccccc2)cc1C(=O)NCC(C)N1CCCC1. The Morgan fingerprint density at radius 1 is 1.12 bits per heavy atom. The number of methoxy groups -OCH3 is 1. The van der Waals surface area contributed by atoms with Crippen molar-refractivity contribution in [2.24, 2.45) is 0 Å². The number of rotatable bonds is 6. The molecule has 1 N–H and O–H groups in total.